The molecular weight excluding hydrogens is 262 g/mol. The summed E-state index contributed by atoms with van der Waals surface area (Å²) in [6.45, 7) is 4.79. The summed E-state index contributed by atoms with van der Waals surface area (Å²) < 4.78 is 8.02. The number of hydrogen-bond donors (Lipinski definition) is 1. The van der Waals surface area contributed by atoms with Crippen LogP contribution in [0, 0.1) is 0 Å². The SMILES string of the molecule is CC(C)Oc1cccc2c1ccn2Cc1cccc(O)c1. The first-order valence-electron chi connectivity index (χ1n) is 7.16. The number of benzene rings is 2. The average Bonchev–Trinajstić information content (AvgIpc) is 2.83. The van der Waals surface area contributed by atoms with E-state index in [4.69, 9.17) is 4.74 Å². The van der Waals surface area contributed by atoms with E-state index in [0.717, 1.165) is 28.8 Å². The molecule has 0 aliphatic rings. The Morgan fingerprint density at radius 1 is 1.10 bits per heavy atom. The van der Waals surface area contributed by atoms with Gasteiger partial charge in [0, 0.05) is 18.1 Å². The van der Waals surface area contributed by atoms with E-state index in [-0.39, 0.29) is 6.10 Å². The molecule has 2 aromatic carbocycles. The quantitative estimate of drug-likeness (QED) is 0.778. The van der Waals surface area contributed by atoms with E-state index >= 15 is 0 Å². The second-order valence-corrected chi connectivity index (χ2v) is 5.47. The Balaban J connectivity index is 1.97. The van der Waals surface area contributed by atoms with E-state index in [1.165, 1.54) is 0 Å². The van der Waals surface area contributed by atoms with Gasteiger partial charge in [-0.15, -0.1) is 0 Å². The summed E-state index contributed by atoms with van der Waals surface area (Å²) in [6, 6.07) is 15.5. The number of hydrogen-bond acceptors (Lipinski definition) is 2. The molecule has 0 aliphatic carbocycles. The number of nitrogens with zero attached hydrogens (tertiary/aromatic N) is 1. The van der Waals surface area contributed by atoms with Crippen molar-refractivity contribution in [1.82, 2.24) is 4.57 Å². The van der Waals surface area contributed by atoms with Crippen LogP contribution in [0.3, 0.4) is 0 Å². The van der Waals surface area contributed by atoms with E-state index in [0.29, 0.717) is 5.75 Å². The molecule has 1 heterocycles. The van der Waals surface area contributed by atoms with Crippen LogP contribution in [0.25, 0.3) is 10.9 Å². The Morgan fingerprint density at radius 3 is 2.67 bits per heavy atom. The largest absolute Gasteiger partial charge is 0.508 e. The zero-order valence-electron chi connectivity index (χ0n) is 12.3. The van der Waals surface area contributed by atoms with Gasteiger partial charge in [-0.2, -0.15) is 0 Å². The minimum atomic E-state index is 0.157. The van der Waals surface area contributed by atoms with Crippen molar-refractivity contribution in [3.8, 4) is 11.5 Å². The Hall–Kier alpha value is -2.42. The van der Waals surface area contributed by atoms with Crippen LogP contribution in [-0.2, 0) is 6.54 Å². The van der Waals surface area contributed by atoms with Gasteiger partial charge in [-0.25, -0.2) is 0 Å². The number of phenols is 1. The zero-order valence-corrected chi connectivity index (χ0v) is 12.3. The third-order valence-electron chi connectivity index (χ3n) is 3.40. The Labute approximate surface area is 124 Å². The fraction of sp³-hybridized carbons (Fsp3) is 0.222. The molecular formula is C18H19NO2. The number of fused-ring (bicyclic) bond motifs is 1. The lowest BCUT2D eigenvalue weighted by molar-refractivity contribution is 0.245. The van der Waals surface area contributed by atoms with Gasteiger partial charge in [0.15, 0.2) is 0 Å². The van der Waals surface area contributed by atoms with Crippen LogP contribution in [0.1, 0.15) is 19.4 Å². The van der Waals surface area contributed by atoms with Crippen molar-refractivity contribution in [3.05, 3.63) is 60.3 Å². The molecule has 3 nitrogen and oxygen atoms in total. The van der Waals surface area contributed by atoms with Crippen molar-refractivity contribution < 1.29 is 9.84 Å². The van der Waals surface area contributed by atoms with Crippen molar-refractivity contribution in [1.29, 1.82) is 0 Å². The summed E-state index contributed by atoms with van der Waals surface area (Å²) in [7, 11) is 0. The molecule has 0 radical (unpaired) electrons. The lowest BCUT2D eigenvalue weighted by atomic mass is 10.2. The second kappa shape index (κ2) is 5.52. The van der Waals surface area contributed by atoms with Gasteiger partial charge in [-0.3, -0.25) is 0 Å². The topological polar surface area (TPSA) is 34.4 Å². The van der Waals surface area contributed by atoms with Crippen LogP contribution in [0.5, 0.6) is 11.5 Å². The smallest absolute Gasteiger partial charge is 0.129 e. The number of rotatable bonds is 4. The van der Waals surface area contributed by atoms with Crippen molar-refractivity contribution >= 4 is 10.9 Å². The lowest BCUT2D eigenvalue weighted by Gasteiger charge is -2.11. The molecule has 0 atom stereocenters. The molecule has 0 unspecified atom stereocenters. The maximum Gasteiger partial charge on any atom is 0.129 e. The third-order valence-corrected chi connectivity index (χ3v) is 3.40. The molecule has 21 heavy (non-hydrogen) atoms. The van der Waals surface area contributed by atoms with Gasteiger partial charge in [-0.05, 0) is 49.7 Å². The van der Waals surface area contributed by atoms with Gasteiger partial charge in [0.1, 0.15) is 11.5 Å². The normalized spacial score (nSPS) is 11.2. The molecule has 0 fully saturated rings. The number of aromatic hydroxyl groups is 1. The molecule has 3 heteroatoms. The van der Waals surface area contributed by atoms with E-state index in [2.05, 4.69) is 22.9 Å². The van der Waals surface area contributed by atoms with Crippen LogP contribution in [0.2, 0.25) is 0 Å². The van der Waals surface area contributed by atoms with Gasteiger partial charge in [0.2, 0.25) is 0 Å². The van der Waals surface area contributed by atoms with Crippen LogP contribution >= 0.6 is 0 Å². The van der Waals surface area contributed by atoms with Gasteiger partial charge in [0.05, 0.1) is 11.6 Å². The first-order valence-corrected chi connectivity index (χ1v) is 7.16. The van der Waals surface area contributed by atoms with Crippen molar-refractivity contribution in [3.63, 3.8) is 0 Å². The molecule has 0 spiro atoms. The average molecular weight is 281 g/mol. The van der Waals surface area contributed by atoms with Gasteiger partial charge < -0.3 is 14.4 Å². The molecule has 0 saturated heterocycles. The highest BCUT2D eigenvalue weighted by Crippen LogP contribution is 2.28. The highest BCUT2D eigenvalue weighted by atomic mass is 16.5. The van der Waals surface area contributed by atoms with Gasteiger partial charge in [-0.1, -0.05) is 18.2 Å². The summed E-state index contributed by atoms with van der Waals surface area (Å²) in [5.74, 6) is 1.21. The molecule has 0 bridgehead atoms. The molecule has 108 valence electrons. The molecule has 3 rings (SSSR count). The van der Waals surface area contributed by atoms with Crippen LogP contribution in [0.15, 0.2) is 54.7 Å². The molecule has 1 aromatic heterocycles. The lowest BCUT2D eigenvalue weighted by Crippen LogP contribution is -2.05. The summed E-state index contributed by atoms with van der Waals surface area (Å²) in [5, 5.41) is 10.7. The van der Waals surface area contributed by atoms with Crippen LogP contribution < -0.4 is 4.74 Å². The van der Waals surface area contributed by atoms with Gasteiger partial charge >= 0.3 is 0 Å². The summed E-state index contributed by atoms with van der Waals surface area (Å²) >= 11 is 0. The fourth-order valence-corrected chi connectivity index (χ4v) is 2.54. The number of ether oxygens (including phenoxy) is 1. The van der Waals surface area contributed by atoms with E-state index < -0.39 is 0 Å². The predicted octanol–water partition coefficient (Wildman–Crippen LogP) is 4.18. The van der Waals surface area contributed by atoms with Crippen molar-refractivity contribution in [2.45, 2.75) is 26.5 Å². The van der Waals surface area contributed by atoms with Crippen LogP contribution in [-0.4, -0.2) is 15.8 Å². The zero-order chi connectivity index (χ0) is 14.8. The standard InChI is InChI=1S/C18H19NO2/c1-13(2)21-18-8-4-7-17-16(18)9-10-19(17)12-14-5-3-6-15(20)11-14/h3-11,13,20H,12H2,1-2H3. The highest BCUT2D eigenvalue weighted by molar-refractivity contribution is 5.86. The Bertz CT molecular complexity index is 759. The van der Waals surface area contributed by atoms with Crippen molar-refractivity contribution in [2.24, 2.45) is 0 Å². The second-order valence-electron chi connectivity index (χ2n) is 5.47. The fourth-order valence-electron chi connectivity index (χ4n) is 2.54. The Morgan fingerprint density at radius 2 is 1.90 bits per heavy atom. The van der Waals surface area contributed by atoms with E-state index in [9.17, 15) is 5.11 Å². The first-order chi connectivity index (χ1) is 10.1. The minimum absolute atomic E-state index is 0.157. The maximum atomic E-state index is 9.57. The van der Waals surface area contributed by atoms with Crippen molar-refractivity contribution in [2.75, 3.05) is 0 Å². The maximum absolute atomic E-state index is 9.57. The van der Waals surface area contributed by atoms with Crippen LogP contribution in [0.4, 0.5) is 0 Å². The van der Waals surface area contributed by atoms with Gasteiger partial charge in [0.25, 0.3) is 0 Å². The monoisotopic (exact) mass is 281 g/mol. The first kappa shape index (κ1) is 13.6. The number of aromatic nitrogens is 1. The predicted molar refractivity (Wildman–Crippen MR) is 84.9 cm³/mol. The third kappa shape index (κ3) is 2.87. The minimum Gasteiger partial charge on any atom is -0.508 e. The van der Waals surface area contributed by atoms with E-state index in [1.54, 1.807) is 12.1 Å². The molecule has 1 N–H and O–H groups in total. The Kier molecular flexibility index (Phi) is 3.57. The summed E-state index contributed by atoms with van der Waals surface area (Å²) in [6.07, 6.45) is 2.21. The molecule has 0 amide bonds. The molecule has 0 saturated carbocycles. The van der Waals surface area contributed by atoms with E-state index in [1.807, 2.05) is 38.1 Å². The summed E-state index contributed by atoms with van der Waals surface area (Å²) in [5.41, 5.74) is 2.21. The number of phenolic OH excluding ortho intramolecular Hbond substituents is 1. The highest BCUT2D eigenvalue weighted by Gasteiger charge is 2.08. The molecule has 0 aliphatic heterocycles. The molecule has 3 aromatic rings. The summed E-state index contributed by atoms with van der Waals surface area (Å²) in [4.78, 5) is 0.